The Balaban J connectivity index is 0.00000324. The number of hydrogen-bond donors (Lipinski definition) is 1. The van der Waals surface area contributed by atoms with Gasteiger partial charge in [-0.3, -0.25) is 0 Å². The van der Waals surface area contributed by atoms with Gasteiger partial charge in [-0.05, 0) is 24.1 Å². The molecule has 0 aliphatic carbocycles. The molecule has 1 atom stereocenters. The number of hydrogen-bond acceptors (Lipinski definition) is 3. The van der Waals surface area contributed by atoms with Crippen molar-refractivity contribution >= 4 is 28.3 Å². The van der Waals surface area contributed by atoms with Crippen LogP contribution in [0.2, 0.25) is 0 Å². The highest BCUT2D eigenvalue weighted by atomic mass is 79.9. The van der Waals surface area contributed by atoms with Crippen molar-refractivity contribution in [1.29, 1.82) is 0 Å². The van der Waals surface area contributed by atoms with Crippen LogP contribution in [0.3, 0.4) is 0 Å². The molecule has 1 aromatic carbocycles. The maximum Gasteiger partial charge on any atom is 0.161 e. The maximum absolute atomic E-state index is 6.23. The summed E-state index contributed by atoms with van der Waals surface area (Å²) in [6.45, 7) is 2.19. The minimum atomic E-state index is 0. The van der Waals surface area contributed by atoms with E-state index >= 15 is 0 Å². The molecule has 0 fully saturated rings. The number of unbranched alkanes of at least 4 members (excludes halogenated alkanes) is 2. The predicted octanol–water partition coefficient (Wildman–Crippen LogP) is 4.47. The van der Waals surface area contributed by atoms with Gasteiger partial charge in [-0.1, -0.05) is 42.1 Å². The number of methoxy groups -OCH3 is 2. The molecule has 0 amide bonds. The van der Waals surface area contributed by atoms with Gasteiger partial charge in [-0.2, -0.15) is 0 Å². The van der Waals surface area contributed by atoms with E-state index in [-0.39, 0.29) is 18.4 Å². The number of ether oxygens (including phenoxy) is 2. The Hall–Kier alpha value is -0.450. The lowest BCUT2D eigenvalue weighted by Crippen LogP contribution is -2.11. The summed E-state index contributed by atoms with van der Waals surface area (Å²) >= 11 is 3.55. The molecule has 5 heteroatoms. The van der Waals surface area contributed by atoms with Crippen LogP contribution in [0, 0.1) is 0 Å². The minimum absolute atomic E-state index is 0. The minimum Gasteiger partial charge on any atom is -0.493 e. The molecule has 110 valence electrons. The summed E-state index contributed by atoms with van der Waals surface area (Å²) in [5.74, 6) is 1.44. The third-order valence-electron chi connectivity index (χ3n) is 3.02. The lowest BCUT2D eigenvalue weighted by Gasteiger charge is -2.17. The second-order valence-corrected chi connectivity index (χ2v) is 5.19. The second-order valence-electron chi connectivity index (χ2n) is 4.33. The molecule has 0 aromatic heterocycles. The van der Waals surface area contributed by atoms with Crippen molar-refractivity contribution in [3.63, 3.8) is 0 Å². The normalized spacial score (nSPS) is 11.6. The van der Waals surface area contributed by atoms with E-state index < -0.39 is 0 Å². The van der Waals surface area contributed by atoms with Gasteiger partial charge in [0.15, 0.2) is 11.5 Å². The van der Waals surface area contributed by atoms with Crippen molar-refractivity contribution in [3.8, 4) is 11.5 Å². The Morgan fingerprint density at radius 3 is 2.26 bits per heavy atom. The molecule has 19 heavy (non-hydrogen) atoms. The summed E-state index contributed by atoms with van der Waals surface area (Å²) < 4.78 is 11.5. The van der Waals surface area contributed by atoms with Crippen molar-refractivity contribution in [2.75, 3.05) is 14.2 Å². The third-order valence-corrected chi connectivity index (χ3v) is 3.71. The van der Waals surface area contributed by atoms with Crippen LogP contribution < -0.4 is 15.2 Å². The molecule has 0 radical (unpaired) electrons. The van der Waals surface area contributed by atoms with Gasteiger partial charge in [-0.15, -0.1) is 12.4 Å². The average molecular weight is 353 g/mol. The van der Waals surface area contributed by atoms with E-state index in [1.54, 1.807) is 14.2 Å². The fourth-order valence-corrected chi connectivity index (χ4v) is 2.54. The zero-order valence-corrected chi connectivity index (χ0v) is 14.1. The van der Waals surface area contributed by atoms with Crippen LogP contribution in [-0.2, 0) is 0 Å². The molecule has 0 aliphatic heterocycles. The Morgan fingerprint density at radius 1 is 1.16 bits per heavy atom. The quantitative estimate of drug-likeness (QED) is 0.736. The van der Waals surface area contributed by atoms with E-state index in [4.69, 9.17) is 15.2 Å². The van der Waals surface area contributed by atoms with E-state index in [1.165, 1.54) is 12.8 Å². The number of rotatable bonds is 7. The third kappa shape index (κ3) is 5.21. The lowest BCUT2D eigenvalue weighted by atomic mass is 10.0. The molecule has 0 saturated carbocycles. The van der Waals surface area contributed by atoms with Gasteiger partial charge < -0.3 is 15.2 Å². The first-order valence-corrected chi connectivity index (χ1v) is 7.10. The molecule has 0 saturated heterocycles. The molecule has 0 bridgehead atoms. The standard InChI is InChI=1S/C14H22BrNO2.ClH/c1-4-5-6-7-12(16)10-8-13(17-2)14(18-3)9-11(10)15;/h8-9,12H,4-7,16H2,1-3H3;1H/t12-;/m1./s1. The van der Waals surface area contributed by atoms with E-state index in [1.807, 2.05) is 12.1 Å². The Bertz CT molecular complexity index is 388. The molecule has 1 aromatic rings. The van der Waals surface area contributed by atoms with Gasteiger partial charge in [0, 0.05) is 10.5 Å². The van der Waals surface area contributed by atoms with Crippen LogP contribution in [0.5, 0.6) is 11.5 Å². The first-order valence-electron chi connectivity index (χ1n) is 6.31. The summed E-state index contributed by atoms with van der Waals surface area (Å²) in [7, 11) is 3.27. The van der Waals surface area contributed by atoms with Gasteiger partial charge >= 0.3 is 0 Å². The topological polar surface area (TPSA) is 44.5 Å². The van der Waals surface area contributed by atoms with Gasteiger partial charge in [0.2, 0.25) is 0 Å². The molecule has 1 rings (SSSR count). The Labute approximate surface area is 130 Å². The highest BCUT2D eigenvalue weighted by Crippen LogP contribution is 2.36. The molecule has 0 spiro atoms. The molecule has 0 unspecified atom stereocenters. The molecule has 0 aliphatic rings. The van der Waals surface area contributed by atoms with Crippen LogP contribution >= 0.6 is 28.3 Å². The number of benzene rings is 1. The van der Waals surface area contributed by atoms with Gasteiger partial charge in [0.1, 0.15) is 0 Å². The Kier molecular flexibility index (Phi) is 9.23. The monoisotopic (exact) mass is 351 g/mol. The molecular formula is C14H23BrClNO2. The first kappa shape index (κ1) is 18.6. The van der Waals surface area contributed by atoms with E-state index in [2.05, 4.69) is 22.9 Å². The largest absolute Gasteiger partial charge is 0.493 e. The highest BCUT2D eigenvalue weighted by Gasteiger charge is 2.14. The van der Waals surface area contributed by atoms with Crippen molar-refractivity contribution < 1.29 is 9.47 Å². The summed E-state index contributed by atoms with van der Waals surface area (Å²) in [4.78, 5) is 0. The predicted molar refractivity (Wildman–Crippen MR) is 85.6 cm³/mol. The van der Waals surface area contributed by atoms with Crippen molar-refractivity contribution in [2.24, 2.45) is 5.73 Å². The summed E-state index contributed by atoms with van der Waals surface area (Å²) in [6.07, 6.45) is 4.57. The smallest absolute Gasteiger partial charge is 0.161 e. The Morgan fingerprint density at radius 2 is 1.74 bits per heavy atom. The average Bonchev–Trinajstić information content (AvgIpc) is 2.38. The van der Waals surface area contributed by atoms with Crippen LogP contribution in [0.4, 0.5) is 0 Å². The van der Waals surface area contributed by atoms with Gasteiger partial charge in [0.25, 0.3) is 0 Å². The van der Waals surface area contributed by atoms with Crippen molar-refractivity contribution in [3.05, 3.63) is 22.2 Å². The second kappa shape index (κ2) is 9.45. The van der Waals surface area contributed by atoms with Gasteiger partial charge in [-0.25, -0.2) is 0 Å². The zero-order valence-electron chi connectivity index (χ0n) is 11.7. The highest BCUT2D eigenvalue weighted by molar-refractivity contribution is 9.10. The lowest BCUT2D eigenvalue weighted by molar-refractivity contribution is 0.353. The number of nitrogens with two attached hydrogens (primary N) is 1. The SMILES string of the molecule is CCCCC[C@@H](N)c1cc(OC)c(OC)cc1Br.Cl. The van der Waals surface area contributed by atoms with Crippen LogP contribution in [0.15, 0.2) is 16.6 Å². The fourth-order valence-electron chi connectivity index (χ4n) is 1.92. The fraction of sp³-hybridized carbons (Fsp3) is 0.571. The first-order chi connectivity index (χ1) is 8.63. The van der Waals surface area contributed by atoms with Crippen LogP contribution in [0.1, 0.15) is 44.2 Å². The van der Waals surface area contributed by atoms with Crippen LogP contribution in [0.25, 0.3) is 0 Å². The molecular weight excluding hydrogens is 330 g/mol. The zero-order chi connectivity index (χ0) is 13.5. The van der Waals surface area contributed by atoms with E-state index in [9.17, 15) is 0 Å². The van der Waals surface area contributed by atoms with E-state index in [0.29, 0.717) is 5.75 Å². The number of halogens is 2. The summed E-state index contributed by atoms with van der Waals surface area (Å²) in [6, 6.07) is 3.90. The van der Waals surface area contributed by atoms with Gasteiger partial charge in [0.05, 0.1) is 14.2 Å². The molecule has 3 nitrogen and oxygen atoms in total. The molecule has 0 heterocycles. The van der Waals surface area contributed by atoms with Crippen molar-refractivity contribution in [2.45, 2.75) is 38.6 Å². The van der Waals surface area contributed by atoms with Crippen molar-refractivity contribution in [1.82, 2.24) is 0 Å². The maximum atomic E-state index is 6.23. The van der Waals surface area contributed by atoms with Crippen LogP contribution in [-0.4, -0.2) is 14.2 Å². The summed E-state index contributed by atoms with van der Waals surface area (Å²) in [5, 5.41) is 0. The summed E-state index contributed by atoms with van der Waals surface area (Å²) in [5.41, 5.74) is 7.30. The molecule has 2 N–H and O–H groups in total. The van der Waals surface area contributed by atoms with E-state index in [0.717, 1.165) is 28.6 Å².